The summed E-state index contributed by atoms with van der Waals surface area (Å²) in [7, 11) is 0. The van der Waals surface area contributed by atoms with Crippen molar-refractivity contribution < 1.29 is 5.11 Å². The summed E-state index contributed by atoms with van der Waals surface area (Å²) in [5.74, 6) is 0.192. The van der Waals surface area contributed by atoms with Crippen molar-refractivity contribution in [2.75, 3.05) is 0 Å². The van der Waals surface area contributed by atoms with Crippen molar-refractivity contribution in [2.24, 2.45) is 0 Å². The Labute approximate surface area is 120 Å². The highest BCUT2D eigenvalue weighted by atomic mass is 16.3. The Morgan fingerprint density at radius 1 is 0.952 bits per heavy atom. The molecule has 4 rings (SSSR count). The summed E-state index contributed by atoms with van der Waals surface area (Å²) < 4.78 is 1.82. The molecule has 0 aliphatic heterocycles. The monoisotopic (exact) mass is 276 g/mol. The van der Waals surface area contributed by atoms with Crippen LogP contribution in [0.2, 0.25) is 0 Å². The van der Waals surface area contributed by atoms with Crippen LogP contribution >= 0.6 is 0 Å². The SMILES string of the molecule is Oc1cnc(Cn2nnc3ccccc32)c2ccccc12. The van der Waals surface area contributed by atoms with Crippen molar-refractivity contribution in [1.82, 2.24) is 20.0 Å². The Hall–Kier alpha value is -2.95. The van der Waals surface area contributed by atoms with Gasteiger partial charge in [-0.1, -0.05) is 41.6 Å². The van der Waals surface area contributed by atoms with E-state index in [4.69, 9.17) is 0 Å². The predicted molar refractivity (Wildman–Crippen MR) is 80.0 cm³/mol. The summed E-state index contributed by atoms with van der Waals surface area (Å²) in [6.07, 6.45) is 1.48. The molecule has 2 heterocycles. The Bertz CT molecular complexity index is 945. The van der Waals surface area contributed by atoms with Gasteiger partial charge in [0, 0.05) is 10.8 Å². The minimum Gasteiger partial charge on any atom is -0.506 e. The second-order valence-corrected chi connectivity index (χ2v) is 4.87. The maximum atomic E-state index is 9.90. The number of aromatic nitrogens is 4. The molecule has 0 amide bonds. The van der Waals surface area contributed by atoms with E-state index in [1.165, 1.54) is 6.20 Å². The zero-order chi connectivity index (χ0) is 14.2. The number of aromatic hydroxyl groups is 1. The van der Waals surface area contributed by atoms with Crippen molar-refractivity contribution in [3.8, 4) is 5.75 Å². The van der Waals surface area contributed by atoms with Crippen LogP contribution in [-0.4, -0.2) is 25.1 Å². The topological polar surface area (TPSA) is 63.8 Å². The Morgan fingerprint density at radius 3 is 2.62 bits per heavy atom. The summed E-state index contributed by atoms with van der Waals surface area (Å²) in [6.45, 7) is 0.515. The Balaban J connectivity index is 1.86. The Kier molecular flexibility index (Phi) is 2.57. The van der Waals surface area contributed by atoms with E-state index in [1.54, 1.807) is 0 Å². The maximum Gasteiger partial charge on any atom is 0.141 e. The summed E-state index contributed by atoms with van der Waals surface area (Å²) in [5.41, 5.74) is 2.69. The number of hydrogen-bond donors (Lipinski definition) is 1. The molecule has 0 saturated carbocycles. The largest absolute Gasteiger partial charge is 0.506 e. The standard InChI is InChI=1S/C16H12N4O/c21-16-9-17-14(11-5-1-2-6-12(11)16)10-20-15-8-4-3-7-13(15)18-19-20/h1-9,21H,10H2. The lowest BCUT2D eigenvalue weighted by atomic mass is 10.1. The van der Waals surface area contributed by atoms with Gasteiger partial charge in [0.05, 0.1) is 24.0 Å². The van der Waals surface area contributed by atoms with E-state index in [9.17, 15) is 5.11 Å². The Morgan fingerprint density at radius 2 is 1.71 bits per heavy atom. The van der Waals surface area contributed by atoms with Crippen molar-refractivity contribution >= 4 is 21.8 Å². The summed E-state index contributed by atoms with van der Waals surface area (Å²) in [4.78, 5) is 4.35. The zero-order valence-electron chi connectivity index (χ0n) is 11.1. The number of hydrogen-bond acceptors (Lipinski definition) is 4. The van der Waals surface area contributed by atoms with Crippen LogP contribution in [0, 0.1) is 0 Å². The molecule has 0 aliphatic rings. The van der Waals surface area contributed by atoms with Gasteiger partial charge in [0.1, 0.15) is 11.3 Å². The van der Waals surface area contributed by atoms with Crippen LogP contribution in [0.3, 0.4) is 0 Å². The number of pyridine rings is 1. The number of nitrogens with zero attached hydrogens (tertiary/aromatic N) is 4. The third kappa shape index (κ3) is 1.90. The summed E-state index contributed by atoms with van der Waals surface area (Å²) in [6, 6.07) is 15.5. The van der Waals surface area contributed by atoms with Crippen LogP contribution in [0.5, 0.6) is 5.75 Å². The third-order valence-corrected chi connectivity index (χ3v) is 3.58. The fourth-order valence-electron chi connectivity index (χ4n) is 2.54. The number of fused-ring (bicyclic) bond motifs is 2. The zero-order valence-corrected chi connectivity index (χ0v) is 11.1. The first kappa shape index (κ1) is 11.8. The first-order valence-electron chi connectivity index (χ1n) is 6.67. The van der Waals surface area contributed by atoms with E-state index >= 15 is 0 Å². The van der Waals surface area contributed by atoms with Crippen molar-refractivity contribution in [3.05, 3.63) is 60.4 Å². The van der Waals surface area contributed by atoms with Crippen molar-refractivity contribution in [1.29, 1.82) is 0 Å². The summed E-state index contributed by atoms with van der Waals surface area (Å²) >= 11 is 0. The van der Waals surface area contributed by atoms with Gasteiger partial charge in [0.25, 0.3) is 0 Å². The van der Waals surface area contributed by atoms with Crippen LogP contribution in [-0.2, 0) is 6.54 Å². The molecular formula is C16H12N4O. The van der Waals surface area contributed by atoms with E-state index in [0.717, 1.165) is 27.5 Å². The van der Waals surface area contributed by atoms with Crippen LogP contribution in [0.4, 0.5) is 0 Å². The van der Waals surface area contributed by atoms with Crippen molar-refractivity contribution in [2.45, 2.75) is 6.54 Å². The van der Waals surface area contributed by atoms with E-state index in [1.807, 2.05) is 53.2 Å². The molecule has 0 bridgehead atoms. The van der Waals surface area contributed by atoms with Crippen LogP contribution in [0.25, 0.3) is 21.8 Å². The molecule has 0 atom stereocenters. The molecule has 0 fully saturated rings. The molecule has 4 aromatic rings. The van der Waals surface area contributed by atoms with Gasteiger partial charge in [0.2, 0.25) is 0 Å². The fourth-order valence-corrected chi connectivity index (χ4v) is 2.54. The maximum absolute atomic E-state index is 9.90. The van der Waals surface area contributed by atoms with Gasteiger partial charge in [-0.3, -0.25) is 4.98 Å². The third-order valence-electron chi connectivity index (χ3n) is 3.58. The highest BCUT2D eigenvalue weighted by Crippen LogP contribution is 2.26. The van der Waals surface area contributed by atoms with E-state index in [2.05, 4.69) is 15.3 Å². The van der Waals surface area contributed by atoms with E-state index in [-0.39, 0.29) is 5.75 Å². The molecule has 5 heteroatoms. The molecular weight excluding hydrogens is 264 g/mol. The second kappa shape index (κ2) is 4.56. The first-order valence-corrected chi connectivity index (χ1v) is 6.67. The molecule has 2 aromatic carbocycles. The molecule has 0 saturated heterocycles. The average Bonchev–Trinajstić information content (AvgIpc) is 2.94. The first-order chi connectivity index (χ1) is 10.3. The molecule has 21 heavy (non-hydrogen) atoms. The van der Waals surface area contributed by atoms with Gasteiger partial charge in [-0.25, -0.2) is 4.68 Å². The molecule has 0 spiro atoms. The van der Waals surface area contributed by atoms with Gasteiger partial charge >= 0.3 is 0 Å². The quantitative estimate of drug-likeness (QED) is 0.611. The number of para-hydroxylation sites is 1. The lowest BCUT2D eigenvalue weighted by Crippen LogP contribution is -2.04. The highest BCUT2D eigenvalue weighted by molar-refractivity contribution is 5.89. The molecule has 1 N–H and O–H groups in total. The highest BCUT2D eigenvalue weighted by Gasteiger charge is 2.09. The summed E-state index contributed by atoms with van der Waals surface area (Å²) in [5, 5.41) is 20.0. The average molecular weight is 276 g/mol. The lowest BCUT2D eigenvalue weighted by Gasteiger charge is -2.07. The van der Waals surface area contributed by atoms with Crippen LogP contribution in [0.15, 0.2) is 54.7 Å². The van der Waals surface area contributed by atoms with Crippen LogP contribution < -0.4 is 0 Å². The molecule has 2 aromatic heterocycles. The minimum absolute atomic E-state index is 0.192. The minimum atomic E-state index is 0.192. The van der Waals surface area contributed by atoms with Gasteiger partial charge in [-0.15, -0.1) is 5.10 Å². The van der Waals surface area contributed by atoms with Gasteiger partial charge in [0.15, 0.2) is 0 Å². The van der Waals surface area contributed by atoms with Crippen molar-refractivity contribution in [3.63, 3.8) is 0 Å². The smallest absolute Gasteiger partial charge is 0.141 e. The fraction of sp³-hybridized carbons (Fsp3) is 0.0625. The predicted octanol–water partition coefficient (Wildman–Crippen LogP) is 2.73. The normalized spacial score (nSPS) is 11.2. The van der Waals surface area contributed by atoms with Gasteiger partial charge in [-0.2, -0.15) is 0 Å². The second-order valence-electron chi connectivity index (χ2n) is 4.87. The molecule has 0 aliphatic carbocycles. The molecule has 0 unspecified atom stereocenters. The molecule has 5 nitrogen and oxygen atoms in total. The van der Waals surface area contributed by atoms with Crippen LogP contribution in [0.1, 0.15) is 5.69 Å². The lowest BCUT2D eigenvalue weighted by molar-refractivity contribution is 0.478. The van der Waals surface area contributed by atoms with Gasteiger partial charge in [-0.05, 0) is 12.1 Å². The number of benzene rings is 2. The van der Waals surface area contributed by atoms with Gasteiger partial charge < -0.3 is 5.11 Å². The molecule has 102 valence electrons. The van der Waals surface area contributed by atoms with E-state index in [0.29, 0.717) is 6.54 Å². The number of rotatable bonds is 2. The molecule has 0 radical (unpaired) electrons. The van der Waals surface area contributed by atoms with E-state index < -0.39 is 0 Å².